The first-order valence-corrected chi connectivity index (χ1v) is 15.1. The van der Waals surface area contributed by atoms with Gasteiger partial charge in [0.15, 0.2) is 0 Å². The monoisotopic (exact) mass is 692 g/mol. The number of hydrogen-bond donors (Lipinski definition) is 8. The van der Waals surface area contributed by atoms with Gasteiger partial charge in [-0.15, -0.1) is 0 Å². The molecule has 2 aliphatic carbocycles. The standard InChI is InChI=1S/2C14H22N2O8/c2*17-11(18)5-15(6-12(19)20)9-3-1-2-4-10(9)16(7-13(21)22)8-14(23)24/h2*9-10H,1-8H2,(H,17,18)(H,19,20)(H,21,22)(H,23,24)/t2*9-,10-/m10/s1. The van der Waals surface area contributed by atoms with Crippen molar-refractivity contribution in [2.24, 2.45) is 0 Å². The Labute approximate surface area is 274 Å². The average Bonchev–Trinajstić information content (AvgIpc) is 2.94. The lowest BCUT2D eigenvalue weighted by Gasteiger charge is -2.43. The highest BCUT2D eigenvalue weighted by Crippen LogP contribution is 2.28. The predicted octanol–water partition coefficient (Wildman–Crippen LogP) is -1.52. The van der Waals surface area contributed by atoms with Crippen molar-refractivity contribution in [2.75, 3.05) is 52.4 Å². The second-order valence-electron chi connectivity index (χ2n) is 11.6. The molecule has 0 spiro atoms. The molecule has 0 heterocycles. The first-order chi connectivity index (χ1) is 22.4. The van der Waals surface area contributed by atoms with Gasteiger partial charge >= 0.3 is 47.8 Å². The number of carbonyl (C=O) groups is 8. The second kappa shape index (κ2) is 20.8. The molecule has 2 saturated carbocycles. The quantitative estimate of drug-likeness (QED) is 0.0718. The van der Waals surface area contributed by atoms with Crippen LogP contribution >= 0.6 is 0 Å². The number of aliphatic carboxylic acids is 8. The van der Waals surface area contributed by atoms with E-state index in [9.17, 15) is 38.4 Å². The van der Waals surface area contributed by atoms with Crippen LogP contribution in [0.3, 0.4) is 0 Å². The Kier molecular flexibility index (Phi) is 18.0. The van der Waals surface area contributed by atoms with Crippen LogP contribution in [0.4, 0.5) is 0 Å². The van der Waals surface area contributed by atoms with E-state index in [0.29, 0.717) is 25.7 Å². The summed E-state index contributed by atoms with van der Waals surface area (Å²) in [5.74, 6) is -9.53. The van der Waals surface area contributed by atoms with Crippen LogP contribution in [0.5, 0.6) is 0 Å². The average molecular weight is 693 g/mol. The molecule has 0 aliphatic heterocycles. The van der Waals surface area contributed by atoms with Crippen molar-refractivity contribution in [2.45, 2.75) is 75.5 Å². The molecule has 0 aromatic carbocycles. The third-order valence-electron chi connectivity index (χ3n) is 7.97. The highest BCUT2D eigenvalue weighted by Gasteiger charge is 2.38. The van der Waals surface area contributed by atoms with Crippen molar-refractivity contribution in [3.05, 3.63) is 0 Å². The fourth-order valence-corrected chi connectivity index (χ4v) is 6.44. The Morgan fingerprint density at radius 2 is 0.438 bits per heavy atom. The predicted molar refractivity (Wildman–Crippen MR) is 159 cm³/mol. The molecule has 0 unspecified atom stereocenters. The summed E-state index contributed by atoms with van der Waals surface area (Å²) in [6.45, 7) is -3.99. The van der Waals surface area contributed by atoms with E-state index in [1.165, 1.54) is 19.6 Å². The summed E-state index contributed by atoms with van der Waals surface area (Å²) in [4.78, 5) is 93.3. The van der Waals surface area contributed by atoms with Crippen molar-refractivity contribution in [1.82, 2.24) is 19.6 Å². The SMILES string of the molecule is O=C(O)CN(CC(=O)O)[C@@H]1CCCC[C@H]1N(CC(=O)O)CC(=O)O.O=C(O)CN(CC(=O)O)[C@H]1CCCC[C@@H]1N(CC(=O)O)CC(=O)O. The molecule has 4 atom stereocenters. The molecule has 0 radical (unpaired) electrons. The Morgan fingerprint density at radius 3 is 0.542 bits per heavy atom. The summed E-state index contributed by atoms with van der Waals surface area (Å²) in [7, 11) is 0. The normalized spacial score (nSPS) is 20.9. The first-order valence-electron chi connectivity index (χ1n) is 15.1. The lowest BCUT2D eigenvalue weighted by Crippen LogP contribution is -2.57. The van der Waals surface area contributed by atoms with Crippen LogP contribution in [0.25, 0.3) is 0 Å². The summed E-state index contributed by atoms with van der Waals surface area (Å²) in [5.41, 5.74) is 0. The van der Waals surface area contributed by atoms with Crippen LogP contribution in [0.2, 0.25) is 0 Å². The summed E-state index contributed by atoms with van der Waals surface area (Å²) in [6, 6.07) is -2.09. The summed E-state index contributed by atoms with van der Waals surface area (Å²) in [6.07, 6.45) is 4.91. The highest BCUT2D eigenvalue weighted by atomic mass is 16.4. The van der Waals surface area contributed by atoms with Gasteiger partial charge in [-0.05, 0) is 25.7 Å². The smallest absolute Gasteiger partial charge is 0.317 e. The molecule has 0 saturated heterocycles. The van der Waals surface area contributed by atoms with Gasteiger partial charge in [0.2, 0.25) is 0 Å². The Balaban J connectivity index is 0.000000480. The summed E-state index contributed by atoms with van der Waals surface area (Å²) >= 11 is 0. The topological polar surface area (TPSA) is 311 Å². The minimum Gasteiger partial charge on any atom is -0.480 e. The van der Waals surface area contributed by atoms with Gasteiger partial charge in [0, 0.05) is 24.2 Å². The highest BCUT2D eigenvalue weighted by molar-refractivity contribution is 5.75. The Morgan fingerprint density at radius 1 is 0.312 bits per heavy atom. The Hall–Kier alpha value is -4.40. The maximum Gasteiger partial charge on any atom is 0.317 e. The summed E-state index contributed by atoms with van der Waals surface area (Å²) < 4.78 is 0. The third-order valence-corrected chi connectivity index (χ3v) is 7.97. The zero-order chi connectivity index (χ0) is 36.6. The van der Waals surface area contributed by atoms with Crippen LogP contribution in [-0.4, -0.2) is 185 Å². The van der Waals surface area contributed by atoms with E-state index < -0.39 is 124 Å². The van der Waals surface area contributed by atoms with Crippen molar-refractivity contribution in [1.29, 1.82) is 0 Å². The minimum atomic E-state index is -1.19. The lowest BCUT2D eigenvalue weighted by molar-refractivity contribution is -0.149. The third kappa shape index (κ3) is 15.9. The molecule has 8 N–H and O–H groups in total. The van der Waals surface area contributed by atoms with Gasteiger partial charge in [-0.25, -0.2) is 0 Å². The molecule has 272 valence electrons. The fraction of sp³-hybridized carbons (Fsp3) is 0.714. The number of nitrogens with zero attached hydrogens (tertiary/aromatic N) is 4. The maximum absolute atomic E-state index is 11.0. The van der Waals surface area contributed by atoms with Crippen LogP contribution in [0, 0.1) is 0 Å². The van der Waals surface area contributed by atoms with Crippen molar-refractivity contribution in [3.63, 3.8) is 0 Å². The van der Waals surface area contributed by atoms with Gasteiger partial charge in [0.05, 0.1) is 52.4 Å². The number of rotatable bonds is 20. The molecular formula is C28H44N4O16. The molecule has 48 heavy (non-hydrogen) atoms. The molecular weight excluding hydrogens is 648 g/mol. The summed E-state index contributed by atoms with van der Waals surface area (Å²) in [5, 5.41) is 72.1. The molecule has 0 bridgehead atoms. The second-order valence-corrected chi connectivity index (χ2v) is 11.6. The maximum atomic E-state index is 11.0. The van der Waals surface area contributed by atoms with Gasteiger partial charge in [-0.1, -0.05) is 25.7 Å². The van der Waals surface area contributed by atoms with Crippen LogP contribution < -0.4 is 0 Å². The van der Waals surface area contributed by atoms with Gasteiger partial charge in [-0.2, -0.15) is 0 Å². The van der Waals surface area contributed by atoms with Crippen molar-refractivity contribution in [3.8, 4) is 0 Å². The zero-order valence-electron chi connectivity index (χ0n) is 26.3. The van der Waals surface area contributed by atoms with E-state index in [2.05, 4.69) is 0 Å². The van der Waals surface area contributed by atoms with E-state index >= 15 is 0 Å². The molecule has 2 rings (SSSR count). The fourth-order valence-electron chi connectivity index (χ4n) is 6.44. The molecule has 20 nitrogen and oxygen atoms in total. The van der Waals surface area contributed by atoms with E-state index in [1.54, 1.807) is 0 Å². The number of carboxylic acids is 8. The molecule has 2 aliphatic rings. The first kappa shape index (κ1) is 41.6. The van der Waals surface area contributed by atoms with Crippen LogP contribution in [0.15, 0.2) is 0 Å². The van der Waals surface area contributed by atoms with Crippen molar-refractivity contribution < 1.29 is 79.2 Å². The van der Waals surface area contributed by atoms with E-state index in [4.69, 9.17) is 40.9 Å². The molecule has 0 aromatic heterocycles. The molecule has 0 amide bonds. The van der Waals surface area contributed by atoms with Gasteiger partial charge in [0.25, 0.3) is 0 Å². The van der Waals surface area contributed by atoms with E-state index in [-0.39, 0.29) is 0 Å². The van der Waals surface area contributed by atoms with Crippen LogP contribution in [0.1, 0.15) is 51.4 Å². The van der Waals surface area contributed by atoms with Crippen LogP contribution in [-0.2, 0) is 38.4 Å². The Bertz CT molecular complexity index is 926. The van der Waals surface area contributed by atoms with E-state index in [0.717, 1.165) is 25.7 Å². The van der Waals surface area contributed by atoms with Crippen molar-refractivity contribution >= 4 is 47.8 Å². The van der Waals surface area contributed by atoms with Gasteiger partial charge < -0.3 is 40.9 Å². The number of carboxylic acid groups (broad SMARTS) is 8. The van der Waals surface area contributed by atoms with Gasteiger partial charge in [-0.3, -0.25) is 58.0 Å². The minimum absolute atomic E-state index is 0.487. The van der Waals surface area contributed by atoms with Gasteiger partial charge in [0.1, 0.15) is 0 Å². The lowest BCUT2D eigenvalue weighted by atomic mass is 9.87. The number of hydrogen-bond acceptors (Lipinski definition) is 12. The van der Waals surface area contributed by atoms with E-state index in [1.807, 2.05) is 0 Å². The largest absolute Gasteiger partial charge is 0.480 e. The molecule has 20 heteroatoms. The molecule has 0 aromatic rings. The molecule has 2 fully saturated rings. The zero-order valence-corrected chi connectivity index (χ0v) is 26.3.